The van der Waals surface area contributed by atoms with Gasteiger partial charge in [-0.2, -0.15) is 0 Å². The Balaban J connectivity index is 1.71. The largest absolute Gasteiger partial charge is 0.454 e. The molecule has 2 aliphatic heterocycles. The average molecular weight is 332 g/mol. The summed E-state index contributed by atoms with van der Waals surface area (Å²) in [6.45, 7) is 8.23. The predicted molar refractivity (Wildman–Crippen MR) is 90.6 cm³/mol. The molecule has 0 radical (unpaired) electrons. The van der Waals surface area contributed by atoms with Gasteiger partial charge >= 0.3 is 0 Å². The van der Waals surface area contributed by atoms with Crippen molar-refractivity contribution in [2.45, 2.75) is 27.2 Å². The highest BCUT2D eigenvalue weighted by Crippen LogP contribution is 2.37. The van der Waals surface area contributed by atoms with Crippen LogP contribution in [0.5, 0.6) is 11.5 Å². The fourth-order valence-electron chi connectivity index (χ4n) is 3.65. The summed E-state index contributed by atoms with van der Waals surface area (Å²) < 4.78 is 10.6. The second-order valence-electron chi connectivity index (χ2n) is 7.00. The van der Waals surface area contributed by atoms with Gasteiger partial charge in [-0.15, -0.1) is 0 Å². The van der Waals surface area contributed by atoms with E-state index in [2.05, 4.69) is 24.1 Å². The fourth-order valence-corrected chi connectivity index (χ4v) is 3.65. The second-order valence-corrected chi connectivity index (χ2v) is 7.00. The Kier molecular flexibility index (Phi) is 4.76. The Morgan fingerprint density at radius 2 is 1.79 bits per heavy atom. The minimum atomic E-state index is -0.121. The fraction of sp³-hybridized carbons (Fsp3) is 0.556. The lowest BCUT2D eigenvalue weighted by Crippen LogP contribution is -2.42. The highest BCUT2D eigenvalue weighted by atomic mass is 16.7. The lowest BCUT2D eigenvalue weighted by molar-refractivity contribution is -0.117. The van der Waals surface area contributed by atoms with E-state index < -0.39 is 0 Å². The minimum absolute atomic E-state index is 0.113. The number of nitrogens with one attached hydrogen (secondary N) is 1. The van der Waals surface area contributed by atoms with Gasteiger partial charge in [0.15, 0.2) is 17.3 Å². The first-order valence-electron chi connectivity index (χ1n) is 8.39. The molecule has 130 valence electrons. The van der Waals surface area contributed by atoms with Crippen molar-refractivity contribution in [3.05, 3.63) is 17.7 Å². The van der Waals surface area contributed by atoms with E-state index in [4.69, 9.17) is 9.47 Å². The van der Waals surface area contributed by atoms with Crippen LogP contribution in [0.25, 0.3) is 0 Å². The summed E-state index contributed by atoms with van der Waals surface area (Å²) in [4.78, 5) is 26.5. The second kappa shape index (κ2) is 6.81. The molecule has 0 unspecified atom stereocenters. The number of carbonyl (C=O) groups excluding carboxylic acids is 2. The molecule has 1 saturated heterocycles. The molecule has 1 fully saturated rings. The predicted octanol–water partition coefficient (Wildman–Crippen LogP) is 2.53. The van der Waals surface area contributed by atoms with Crippen molar-refractivity contribution in [1.82, 2.24) is 4.90 Å². The van der Waals surface area contributed by atoms with E-state index in [1.807, 2.05) is 0 Å². The molecule has 1 amide bonds. The number of ether oxygens (including phenoxy) is 2. The number of hydrogen-bond acceptors (Lipinski definition) is 5. The Bertz CT molecular complexity index is 649. The van der Waals surface area contributed by atoms with E-state index in [0.29, 0.717) is 41.1 Å². The average Bonchev–Trinajstić information content (AvgIpc) is 2.92. The molecule has 1 aromatic carbocycles. The molecule has 0 spiro atoms. The number of Topliss-reactive ketones (excluding diaryl/α,β-unsaturated/α-hetero) is 1. The van der Waals surface area contributed by atoms with Gasteiger partial charge in [0.25, 0.3) is 0 Å². The van der Waals surface area contributed by atoms with Gasteiger partial charge in [0.1, 0.15) is 0 Å². The first kappa shape index (κ1) is 16.8. The summed E-state index contributed by atoms with van der Waals surface area (Å²) in [7, 11) is 0. The van der Waals surface area contributed by atoms with E-state index in [1.54, 1.807) is 12.1 Å². The topological polar surface area (TPSA) is 67.9 Å². The van der Waals surface area contributed by atoms with E-state index in [0.717, 1.165) is 13.1 Å². The Morgan fingerprint density at radius 3 is 2.42 bits per heavy atom. The SMILES string of the molecule is CC(=O)c1cc2c(cc1NC(=O)CN1C[C@@H](C)C[C@H](C)C1)OCO2. The van der Waals surface area contributed by atoms with Gasteiger partial charge in [0.05, 0.1) is 12.2 Å². The maximum absolute atomic E-state index is 12.4. The number of anilines is 1. The van der Waals surface area contributed by atoms with Crippen molar-refractivity contribution >= 4 is 17.4 Å². The summed E-state index contributed by atoms with van der Waals surface area (Å²) in [6.07, 6.45) is 1.20. The standard InChI is InChI=1S/C18H24N2O4/c1-11-4-12(2)8-20(7-11)9-18(22)19-15-6-17-16(23-10-24-17)5-14(15)13(3)21/h5-6,11-12H,4,7-10H2,1-3H3,(H,19,22)/t11-,12-/m0/s1. The molecule has 1 aromatic rings. The van der Waals surface area contributed by atoms with Crippen molar-refractivity contribution in [3.63, 3.8) is 0 Å². The molecule has 6 heteroatoms. The van der Waals surface area contributed by atoms with Crippen molar-refractivity contribution in [3.8, 4) is 11.5 Å². The zero-order chi connectivity index (χ0) is 17.3. The Hall–Kier alpha value is -2.08. The van der Waals surface area contributed by atoms with Gasteiger partial charge < -0.3 is 14.8 Å². The maximum Gasteiger partial charge on any atom is 0.238 e. The monoisotopic (exact) mass is 332 g/mol. The number of hydrogen-bond donors (Lipinski definition) is 1. The minimum Gasteiger partial charge on any atom is -0.454 e. The Labute approximate surface area is 142 Å². The summed E-state index contributed by atoms with van der Waals surface area (Å²) in [5.74, 6) is 2.05. The third kappa shape index (κ3) is 3.70. The van der Waals surface area contributed by atoms with Crippen molar-refractivity contribution in [2.24, 2.45) is 11.8 Å². The summed E-state index contributed by atoms with van der Waals surface area (Å²) in [6, 6.07) is 3.30. The van der Waals surface area contributed by atoms with Gasteiger partial charge in [0, 0.05) is 24.7 Å². The first-order valence-corrected chi connectivity index (χ1v) is 8.39. The van der Waals surface area contributed by atoms with Crippen LogP contribution in [0.2, 0.25) is 0 Å². The van der Waals surface area contributed by atoms with Crippen molar-refractivity contribution in [2.75, 3.05) is 31.7 Å². The van der Waals surface area contributed by atoms with Crippen molar-refractivity contribution < 1.29 is 19.1 Å². The number of rotatable bonds is 4. The normalized spacial score (nSPS) is 23.1. The van der Waals surface area contributed by atoms with E-state index in [1.165, 1.54) is 13.3 Å². The van der Waals surface area contributed by atoms with E-state index in [9.17, 15) is 9.59 Å². The van der Waals surface area contributed by atoms with Crippen LogP contribution in [0.3, 0.4) is 0 Å². The maximum atomic E-state index is 12.4. The molecule has 2 heterocycles. The summed E-state index contributed by atoms with van der Waals surface area (Å²) >= 11 is 0. The highest BCUT2D eigenvalue weighted by molar-refractivity contribution is 6.05. The number of likely N-dealkylation sites (tertiary alicyclic amines) is 1. The Morgan fingerprint density at radius 1 is 1.17 bits per heavy atom. The molecule has 0 saturated carbocycles. The number of fused-ring (bicyclic) bond motifs is 1. The zero-order valence-electron chi connectivity index (χ0n) is 14.4. The molecule has 1 N–H and O–H groups in total. The molecular weight excluding hydrogens is 308 g/mol. The molecule has 24 heavy (non-hydrogen) atoms. The number of ketones is 1. The molecule has 3 rings (SSSR count). The number of carbonyl (C=O) groups is 2. The van der Waals surface area contributed by atoms with Gasteiger partial charge in [0.2, 0.25) is 12.7 Å². The van der Waals surface area contributed by atoms with Crippen LogP contribution in [0.4, 0.5) is 5.69 Å². The number of nitrogens with zero attached hydrogens (tertiary/aromatic N) is 1. The van der Waals surface area contributed by atoms with Crippen LogP contribution in [0, 0.1) is 11.8 Å². The molecule has 6 nitrogen and oxygen atoms in total. The summed E-state index contributed by atoms with van der Waals surface area (Å²) in [5, 5.41) is 2.86. The molecule has 0 bridgehead atoms. The molecular formula is C18H24N2O4. The number of amides is 1. The number of piperidine rings is 1. The van der Waals surface area contributed by atoms with Crippen LogP contribution < -0.4 is 14.8 Å². The smallest absolute Gasteiger partial charge is 0.238 e. The van der Waals surface area contributed by atoms with Gasteiger partial charge in [-0.25, -0.2) is 0 Å². The third-order valence-corrected chi connectivity index (χ3v) is 4.48. The first-order chi connectivity index (χ1) is 11.4. The molecule has 2 aliphatic rings. The molecule has 0 aromatic heterocycles. The van der Waals surface area contributed by atoms with E-state index in [-0.39, 0.29) is 18.5 Å². The van der Waals surface area contributed by atoms with E-state index >= 15 is 0 Å². The number of benzene rings is 1. The van der Waals surface area contributed by atoms with Crippen LogP contribution >= 0.6 is 0 Å². The van der Waals surface area contributed by atoms with Crippen molar-refractivity contribution in [1.29, 1.82) is 0 Å². The molecule has 0 aliphatic carbocycles. The van der Waals surface area contributed by atoms with Crippen LogP contribution in [-0.4, -0.2) is 43.0 Å². The van der Waals surface area contributed by atoms with Crippen LogP contribution in [0.15, 0.2) is 12.1 Å². The lowest BCUT2D eigenvalue weighted by atomic mass is 9.92. The van der Waals surface area contributed by atoms with Gasteiger partial charge in [-0.3, -0.25) is 14.5 Å². The van der Waals surface area contributed by atoms with Crippen LogP contribution in [0.1, 0.15) is 37.6 Å². The van der Waals surface area contributed by atoms with Crippen LogP contribution in [-0.2, 0) is 4.79 Å². The van der Waals surface area contributed by atoms with Gasteiger partial charge in [-0.1, -0.05) is 13.8 Å². The quantitative estimate of drug-likeness (QED) is 0.858. The zero-order valence-corrected chi connectivity index (χ0v) is 14.4. The summed E-state index contributed by atoms with van der Waals surface area (Å²) in [5.41, 5.74) is 0.919. The third-order valence-electron chi connectivity index (χ3n) is 4.48. The molecule has 2 atom stereocenters. The lowest BCUT2D eigenvalue weighted by Gasteiger charge is -2.34. The highest BCUT2D eigenvalue weighted by Gasteiger charge is 2.24. The van der Waals surface area contributed by atoms with Gasteiger partial charge in [-0.05, 0) is 31.2 Å².